The van der Waals surface area contributed by atoms with Crippen molar-refractivity contribution in [3.05, 3.63) is 98.2 Å². The first kappa shape index (κ1) is 32.4. The molecule has 1 unspecified atom stereocenters. The van der Waals surface area contributed by atoms with Crippen molar-refractivity contribution in [1.82, 2.24) is 20.9 Å². The number of hydrogen-bond donors (Lipinski definition) is 3. The molecule has 16 heteroatoms. The van der Waals surface area contributed by atoms with Crippen LogP contribution in [-0.2, 0) is 41.9 Å². The molecule has 2 saturated heterocycles. The van der Waals surface area contributed by atoms with Gasteiger partial charge in [-0.25, -0.2) is 9.59 Å². The van der Waals surface area contributed by atoms with E-state index in [0.29, 0.717) is 10.4 Å². The van der Waals surface area contributed by atoms with E-state index < -0.39 is 56.7 Å². The normalized spacial score (nSPS) is 21.6. The van der Waals surface area contributed by atoms with Crippen LogP contribution in [0.3, 0.4) is 0 Å². The summed E-state index contributed by atoms with van der Waals surface area (Å²) in [5.74, 6) is -2.16. The van der Waals surface area contributed by atoms with E-state index in [2.05, 4.69) is 16.0 Å². The molecule has 1 aromatic heterocycles. The Bertz CT molecular complexity index is 1640. The standard InChI is InChI=1S/C30H29N5O9S2/c1-29(2)23(25(38)43-15-18-7-4-3-5-8-18)34-26(39)30(31-17-36,27(34)46-29)33-24(37)22(21-9-6-14-45-21)32-28(40)44-16-19-10-12-20(13-11-19)35(41)42/h3-14,17,22-23,27H,15-16H2,1-2H3,(H,31,36)(H,32,40)(H,33,37)/t22?,23-,27+,30+/m0/s1. The van der Waals surface area contributed by atoms with E-state index in [1.165, 1.54) is 52.3 Å². The number of hydrogen-bond acceptors (Lipinski definition) is 11. The van der Waals surface area contributed by atoms with Gasteiger partial charge in [0.1, 0.15) is 30.7 Å². The Kier molecular flexibility index (Phi) is 9.29. The largest absolute Gasteiger partial charge is 0.459 e. The summed E-state index contributed by atoms with van der Waals surface area (Å²) in [4.78, 5) is 77.3. The number of carbonyl (C=O) groups is 5. The molecule has 2 aliphatic rings. The lowest BCUT2D eigenvalue weighted by Crippen LogP contribution is -2.85. The minimum atomic E-state index is -1.91. The number of β-lactam (4-membered cyclic amide) rings is 1. The first-order chi connectivity index (χ1) is 22.0. The number of nitro benzene ring substituents is 1. The van der Waals surface area contributed by atoms with Crippen LogP contribution < -0.4 is 16.0 Å². The Balaban J connectivity index is 1.29. The first-order valence-electron chi connectivity index (χ1n) is 13.9. The molecule has 4 atom stereocenters. The molecule has 2 fully saturated rings. The molecule has 46 heavy (non-hydrogen) atoms. The number of benzene rings is 2. The average molecular weight is 668 g/mol. The predicted molar refractivity (Wildman–Crippen MR) is 166 cm³/mol. The molecule has 2 aromatic carbocycles. The summed E-state index contributed by atoms with van der Waals surface area (Å²) in [6.07, 6.45) is -0.681. The van der Waals surface area contributed by atoms with Gasteiger partial charge in [0.05, 0.1) is 4.92 Å². The van der Waals surface area contributed by atoms with Gasteiger partial charge in [-0.3, -0.25) is 24.5 Å². The van der Waals surface area contributed by atoms with Crippen molar-refractivity contribution in [2.75, 3.05) is 0 Å². The molecule has 0 saturated carbocycles. The molecule has 5 rings (SSSR count). The lowest BCUT2D eigenvalue weighted by Gasteiger charge is -2.52. The van der Waals surface area contributed by atoms with E-state index in [9.17, 15) is 34.1 Å². The van der Waals surface area contributed by atoms with Crippen molar-refractivity contribution in [3.8, 4) is 0 Å². The molecular formula is C30H29N5O9S2. The molecule has 0 radical (unpaired) electrons. The summed E-state index contributed by atoms with van der Waals surface area (Å²) in [6.45, 7) is 3.30. The van der Waals surface area contributed by atoms with Crippen molar-refractivity contribution >= 4 is 59.1 Å². The van der Waals surface area contributed by atoms with Crippen LogP contribution in [-0.4, -0.2) is 61.9 Å². The van der Waals surface area contributed by atoms with Crippen molar-refractivity contribution in [3.63, 3.8) is 0 Å². The Morgan fingerprint density at radius 1 is 1.02 bits per heavy atom. The summed E-state index contributed by atoms with van der Waals surface area (Å²) in [5.41, 5.74) is -0.781. The van der Waals surface area contributed by atoms with Gasteiger partial charge in [0, 0.05) is 21.8 Å². The zero-order chi connectivity index (χ0) is 33.1. The van der Waals surface area contributed by atoms with Gasteiger partial charge < -0.3 is 30.3 Å². The number of amides is 4. The van der Waals surface area contributed by atoms with Crippen LogP contribution in [0.25, 0.3) is 0 Å². The second-order valence-corrected chi connectivity index (χ2v) is 13.6. The van der Waals surface area contributed by atoms with Crippen molar-refractivity contribution in [2.24, 2.45) is 0 Å². The lowest BCUT2D eigenvalue weighted by atomic mass is 9.91. The van der Waals surface area contributed by atoms with Crippen LogP contribution in [0.4, 0.5) is 10.5 Å². The fourth-order valence-corrected chi connectivity index (χ4v) is 7.66. The molecule has 3 N–H and O–H groups in total. The Labute approximate surface area is 271 Å². The maximum atomic E-state index is 13.7. The lowest BCUT2D eigenvalue weighted by molar-refractivity contribution is -0.384. The van der Waals surface area contributed by atoms with E-state index in [4.69, 9.17) is 9.47 Å². The minimum Gasteiger partial charge on any atom is -0.459 e. The fourth-order valence-electron chi connectivity index (χ4n) is 5.24. The van der Waals surface area contributed by atoms with Crippen molar-refractivity contribution in [2.45, 2.75) is 54.9 Å². The maximum absolute atomic E-state index is 13.7. The maximum Gasteiger partial charge on any atom is 0.408 e. The van der Waals surface area contributed by atoms with Crippen LogP contribution in [0.5, 0.6) is 0 Å². The van der Waals surface area contributed by atoms with Gasteiger partial charge >= 0.3 is 12.1 Å². The Morgan fingerprint density at radius 3 is 2.33 bits per heavy atom. The number of alkyl carbamates (subject to hydrolysis) is 1. The number of esters is 1. The molecule has 3 heterocycles. The summed E-state index contributed by atoms with van der Waals surface area (Å²) in [5, 5.41) is 19.3. The van der Waals surface area contributed by atoms with Crippen molar-refractivity contribution in [1.29, 1.82) is 0 Å². The smallest absolute Gasteiger partial charge is 0.408 e. The highest BCUT2D eigenvalue weighted by Crippen LogP contribution is 2.54. The molecule has 3 aromatic rings. The number of nitrogens with zero attached hydrogens (tertiary/aromatic N) is 2. The zero-order valence-electron chi connectivity index (χ0n) is 24.5. The number of thioether (sulfide) groups is 1. The van der Waals surface area contributed by atoms with E-state index in [1.807, 2.05) is 18.2 Å². The number of rotatable bonds is 12. The van der Waals surface area contributed by atoms with Gasteiger partial charge in [0.25, 0.3) is 11.6 Å². The van der Waals surface area contributed by atoms with E-state index in [1.54, 1.807) is 43.5 Å². The minimum absolute atomic E-state index is 0.00649. The molecule has 240 valence electrons. The highest BCUT2D eigenvalue weighted by Gasteiger charge is 2.73. The first-order valence-corrected chi connectivity index (χ1v) is 15.7. The highest BCUT2D eigenvalue weighted by atomic mass is 32.2. The number of nitrogens with one attached hydrogen (secondary N) is 3. The summed E-state index contributed by atoms with van der Waals surface area (Å²) in [6, 6.07) is 15.4. The third kappa shape index (κ3) is 6.39. The number of nitro groups is 1. The van der Waals surface area contributed by atoms with Gasteiger partial charge in [-0.15, -0.1) is 23.1 Å². The second-order valence-electron chi connectivity index (χ2n) is 10.9. The van der Waals surface area contributed by atoms with Crippen LogP contribution in [0.2, 0.25) is 0 Å². The highest BCUT2D eigenvalue weighted by molar-refractivity contribution is 8.01. The third-order valence-corrected chi connectivity index (χ3v) is 10.0. The fraction of sp³-hybridized carbons (Fsp3) is 0.300. The molecule has 4 amide bonds. The van der Waals surface area contributed by atoms with Crippen molar-refractivity contribution < 1.29 is 38.4 Å². The number of thiophene rings is 1. The van der Waals surface area contributed by atoms with Gasteiger partial charge in [-0.2, -0.15) is 0 Å². The summed E-state index contributed by atoms with van der Waals surface area (Å²) >= 11 is 2.38. The molecular weight excluding hydrogens is 638 g/mol. The van der Waals surface area contributed by atoms with E-state index in [0.717, 1.165) is 5.56 Å². The molecule has 2 aliphatic heterocycles. The number of fused-ring (bicyclic) bond motifs is 1. The second kappa shape index (κ2) is 13.2. The van der Waals surface area contributed by atoms with Gasteiger partial charge in [-0.1, -0.05) is 36.4 Å². The van der Waals surface area contributed by atoms with Crippen LogP contribution >= 0.6 is 23.1 Å². The van der Waals surface area contributed by atoms with Gasteiger partial charge in [0.2, 0.25) is 18.0 Å². The predicted octanol–water partition coefficient (Wildman–Crippen LogP) is 2.99. The van der Waals surface area contributed by atoms with Crippen LogP contribution in [0, 0.1) is 10.1 Å². The van der Waals surface area contributed by atoms with Crippen LogP contribution in [0.1, 0.15) is 35.9 Å². The van der Waals surface area contributed by atoms with Crippen LogP contribution in [0.15, 0.2) is 72.1 Å². The molecule has 14 nitrogen and oxygen atoms in total. The number of carbonyl (C=O) groups excluding carboxylic acids is 5. The number of non-ortho nitro benzene ring substituents is 1. The molecule has 0 spiro atoms. The third-order valence-electron chi connectivity index (χ3n) is 7.47. The van der Waals surface area contributed by atoms with Gasteiger partial charge in [-0.05, 0) is 48.6 Å². The van der Waals surface area contributed by atoms with E-state index in [-0.39, 0.29) is 25.3 Å². The monoisotopic (exact) mass is 667 g/mol. The summed E-state index contributed by atoms with van der Waals surface area (Å²) < 4.78 is 9.94. The molecule has 0 aliphatic carbocycles. The Morgan fingerprint density at radius 2 is 1.70 bits per heavy atom. The number of ether oxygens (including phenoxy) is 2. The quantitative estimate of drug-likeness (QED) is 0.0648. The SMILES string of the molecule is CC1(C)S[C@H]2N(C(=O)[C@@]2(NC=O)NC(=O)C(NC(=O)OCc2ccc([N+](=O)[O-])cc2)c2cccs2)[C@H]1C(=O)OCc1ccccc1. The van der Waals surface area contributed by atoms with E-state index >= 15 is 0 Å². The zero-order valence-corrected chi connectivity index (χ0v) is 26.2. The average Bonchev–Trinajstić information content (AvgIpc) is 3.66. The van der Waals surface area contributed by atoms with Gasteiger partial charge in [0.15, 0.2) is 0 Å². The summed E-state index contributed by atoms with van der Waals surface area (Å²) in [7, 11) is 0. The topological polar surface area (TPSA) is 186 Å². The molecule has 0 bridgehead atoms. The Hall–Kier alpha value is -4.96.